The topological polar surface area (TPSA) is 76.7 Å². The fourth-order valence-electron chi connectivity index (χ4n) is 3.31. The molecular formula is C18H24N2O4. The summed E-state index contributed by atoms with van der Waals surface area (Å²) in [5, 5.41) is 5.29. The highest BCUT2D eigenvalue weighted by Crippen LogP contribution is 2.38. The molecule has 1 aromatic rings. The van der Waals surface area contributed by atoms with Crippen molar-refractivity contribution in [3.8, 4) is 0 Å². The molecule has 1 atom stereocenters. The maximum Gasteiger partial charge on any atom is 0.313 e. The molecule has 1 aromatic carbocycles. The quantitative estimate of drug-likeness (QED) is 0.827. The van der Waals surface area contributed by atoms with Crippen LogP contribution >= 0.6 is 0 Å². The van der Waals surface area contributed by atoms with E-state index < -0.39 is 17.6 Å². The lowest BCUT2D eigenvalue weighted by Crippen LogP contribution is -2.40. The lowest BCUT2D eigenvalue weighted by Gasteiger charge is -2.21. The minimum Gasteiger partial charge on any atom is -0.347 e. The average Bonchev–Trinajstić information content (AvgIpc) is 3.23. The maximum absolute atomic E-state index is 12.0. The van der Waals surface area contributed by atoms with Crippen LogP contribution in [-0.2, 0) is 25.5 Å². The van der Waals surface area contributed by atoms with E-state index in [4.69, 9.17) is 9.47 Å². The van der Waals surface area contributed by atoms with E-state index in [0.717, 1.165) is 37.7 Å². The Morgan fingerprint density at radius 3 is 2.71 bits per heavy atom. The highest BCUT2D eigenvalue weighted by Gasteiger charge is 2.43. The lowest BCUT2D eigenvalue weighted by molar-refractivity contribution is -0.161. The molecule has 2 fully saturated rings. The van der Waals surface area contributed by atoms with Gasteiger partial charge >= 0.3 is 11.8 Å². The first-order valence-corrected chi connectivity index (χ1v) is 8.61. The predicted molar refractivity (Wildman–Crippen MR) is 89.5 cm³/mol. The third-order valence-electron chi connectivity index (χ3n) is 4.62. The summed E-state index contributed by atoms with van der Waals surface area (Å²) in [7, 11) is 0. The number of benzene rings is 1. The number of nitrogens with one attached hydrogen (secondary N) is 2. The number of rotatable bonds is 4. The van der Waals surface area contributed by atoms with Crippen molar-refractivity contribution in [3.63, 3.8) is 0 Å². The van der Waals surface area contributed by atoms with Crippen molar-refractivity contribution < 1.29 is 19.1 Å². The molecule has 1 saturated carbocycles. The van der Waals surface area contributed by atoms with Crippen LogP contribution in [0.25, 0.3) is 0 Å². The van der Waals surface area contributed by atoms with Crippen molar-refractivity contribution in [2.45, 2.75) is 50.9 Å². The molecule has 6 heteroatoms. The molecule has 2 aliphatic rings. The number of ether oxygens (including phenoxy) is 2. The molecule has 130 valence electrons. The average molecular weight is 332 g/mol. The van der Waals surface area contributed by atoms with E-state index in [2.05, 4.69) is 10.6 Å². The number of aryl methyl sites for hydroxylation is 1. The van der Waals surface area contributed by atoms with E-state index in [0.29, 0.717) is 12.3 Å². The molecule has 0 unspecified atom stereocenters. The molecule has 0 bridgehead atoms. The van der Waals surface area contributed by atoms with Gasteiger partial charge in [-0.3, -0.25) is 9.59 Å². The molecule has 2 N–H and O–H groups in total. The molecule has 3 rings (SSSR count). The molecular weight excluding hydrogens is 308 g/mol. The number of carbonyl (C=O) groups is 2. The van der Waals surface area contributed by atoms with Crippen molar-refractivity contribution in [1.82, 2.24) is 5.32 Å². The maximum atomic E-state index is 12.0. The van der Waals surface area contributed by atoms with Gasteiger partial charge in [0.25, 0.3) is 0 Å². The van der Waals surface area contributed by atoms with E-state index >= 15 is 0 Å². The standard InChI is InChI=1S/C18H24N2O4/c1-2-13-7-3-4-8-15(13)20-17(22)16(21)19-11-14-12-23-18(24-14)9-5-6-10-18/h3-4,7-8,14H,2,5-6,9-12H2,1H3,(H,19,21)(H,20,22)/t14-/m0/s1. The third-order valence-corrected chi connectivity index (χ3v) is 4.62. The molecule has 6 nitrogen and oxygen atoms in total. The number of para-hydroxylation sites is 1. The minimum atomic E-state index is -0.662. The normalized spacial score (nSPS) is 21.8. The Hall–Kier alpha value is -1.92. The van der Waals surface area contributed by atoms with Gasteiger partial charge in [0.1, 0.15) is 6.10 Å². The van der Waals surface area contributed by atoms with Crippen LogP contribution in [0.1, 0.15) is 38.2 Å². The second-order valence-electron chi connectivity index (χ2n) is 6.34. The number of amides is 2. The Morgan fingerprint density at radius 1 is 1.21 bits per heavy atom. The van der Waals surface area contributed by atoms with Crippen LogP contribution in [0, 0.1) is 0 Å². The van der Waals surface area contributed by atoms with Gasteiger partial charge in [-0.1, -0.05) is 25.1 Å². The SMILES string of the molecule is CCc1ccccc1NC(=O)C(=O)NC[C@H]1COC2(CCCC2)O1. The zero-order valence-corrected chi connectivity index (χ0v) is 14.0. The zero-order chi connectivity index (χ0) is 17.0. The highest BCUT2D eigenvalue weighted by molar-refractivity contribution is 6.39. The first-order valence-electron chi connectivity index (χ1n) is 8.61. The van der Waals surface area contributed by atoms with Crippen molar-refractivity contribution in [1.29, 1.82) is 0 Å². The van der Waals surface area contributed by atoms with Crippen LogP contribution in [0.15, 0.2) is 24.3 Å². The Morgan fingerprint density at radius 2 is 1.96 bits per heavy atom. The molecule has 24 heavy (non-hydrogen) atoms. The monoisotopic (exact) mass is 332 g/mol. The molecule has 1 saturated heterocycles. The summed E-state index contributed by atoms with van der Waals surface area (Å²) in [6.07, 6.45) is 4.63. The Balaban J connectivity index is 1.47. The second kappa shape index (κ2) is 7.32. The molecule has 2 amide bonds. The van der Waals surface area contributed by atoms with Crippen molar-refractivity contribution in [3.05, 3.63) is 29.8 Å². The third kappa shape index (κ3) is 3.76. The fourth-order valence-corrected chi connectivity index (χ4v) is 3.31. The van der Waals surface area contributed by atoms with Gasteiger partial charge in [-0.25, -0.2) is 0 Å². The van der Waals surface area contributed by atoms with Gasteiger partial charge < -0.3 is 20.1 Å². The van der Waals surface area contributed by atoms with Gasteiger partial charge in [-0.15, -0.1) is 0 Å². The van der Waals surface area contributed by atoms with Gasteiger partial charge in [-0.05, 0) is 30.9 Å². The molecule has 1 aliphatic carbocycles. The summed E-state index contributed by atoms with van der Waals surface area (Å²) in [5.74, 6) is -1.76. The lowest BCUT2D eigenvalue weighted by atomic mass is 10.1. The van der Waals surface area contributed by atoms with Crippen LogP contribution < -0.4 is 10.6 Å². The minimum absolute atomic E-state index is 0.192. The summed E-state index contributed by atoms with van der Waals surface area (Å²) in [4.78, 5) is 24.0. The van der Waals surface area contributed by atoms with Gasteiger partial charge in [0.05, 0.1) is 6.61 Å². The fraction of sp³-hybridized carbons (Fsp3) is 0.556. The second-order valence-corrected chi connectivity index (χ2v) is 6.34. The van der Waals surface area contributed by atoms with Crippen molar-refractivity contribution in [2.24, 2.45) is 0 Å². The van der Waals surface area contributed by atoms with Crippen molar-refractivity contribution >= 4 is 17.5 Å². The summed E-state index contributed by atoms with van der Waals surface area (Å²) in [5.41, 5.74) is 1.67. The Bertz CT molecular complexity index is 611. The summed E-state index contributed by atoms with van der Waals surface area (Å²) >= 11 is 0. The zero-order valence-electron chi connectivity index (χ0n) is 14.0. The van der Waals surface area contributed by atoms with E-state index in [-0.39, 0.29) is 12.6 Å². The van der Waals surface area contributed by atoms with Crippen LogP contribution in [0.4, 0.5) is 5.69 Å². The van der Waals surface area contributed by atoms with Crippen LogP contribution in [0.2, 0.25) is 0 Å². The van der Waals surface area contributed by atoms with Crippen LogP contribution in [0.5, 0.6) is 0 Å². The molecule has 0 aromatic heterocycles. The summed E-state index contributed by atoms with van der Waals surface area (Å²) < 4.78 is 11.7. The summed E-state index contributed by atoms with van der Waals surface area (Å²) in [6.45, 7) is 2.74. The van der Waals surface area contributed by atoms with Crippen molar-refractivity contribution in [2.75, 3.05) is 18.5 Å². The van der Waals surface area contributed by atoms with E-state index in [9.17, 15) is 9.59 Å². The number of hydrogen-bond donors (Lipinski definition) is 2. The molecule has 1 spiro atoms. The molecule has 1 aliphatic heterocycles. The molecule has 1 heterocycles. The smallest absolute Gasteiger partial charge is 0.313 e. The Labute approximate surface area is 141 Å². The number of anilines is 1. The summed E-state index contributed by atoms with van der Waals surface area (Å²) in [6, 6.07) is 7.46. The van der Waals surface area contributed by atoms with Gasteiger partial charge in [-0.2, -0.15) is 0 Å². The van der Waals surface area contributed by atoms with Gasteiger partial charge in [0, 0.05) is 25.1 Å². The highest BCUT2D eigenvalue weighted by atomic mass is 16.7. The van der Waals surface area contributed by atoms with E-state index in [1.54, 1.807) is 6.07 Å². The molecule has 0 radical (unpaired) electrons. The largest absolute Gasteiger partial charge is 0.347 e. The number of carbonyl (C=O) groups excluding carboxylic acids is 2. The van der Waals surface area contributed by atoms with E-state index in [1.807, 2.05) is 25.1 Å². The first-order chi connectivity index (χ1) is 11.6. The van der Waals surface area contributed by atoms with Crippen LogP contribution in [0.3, 0.4) is 0 Å². The van der Waals surface area contributed by atoms with Gasteiger partial charge in [0.15, 0.2) is 5.79 Å². The number of hydrogen-bond acceptors (Lipinski definition) is 4. The first kappa shape index (κ1) is 16.9. The van der Waals surface area contributed by atoms with Crippen LogP contribution in [-0.4, -0.2) is 36.9 Å². The van der Waals surface area contributed by atoms with Gasteiger partial charge in [0.2, 0.25) is 0 Å². The van der Waals surface area contributed by atoms with E-state index in [1.165, 1.54) is 0 Å². The Kier molecular flexibility index (Phi) is 5.16. The predicted octanol–water partition coefficient (Wildman–Crippen LogP) is 1.99.